The maximum absolute atomic E-state index is 12.2. The summed E-state index contributed by atoms with van der Waals surface area (Å²) in [6.07, 6.45) is 0. The first-order chi connectivity index (χ1) is 9.61. The molecular formula is C14H17BrClNO4. The molecule has 116 valence electrons. The number of halogens is 2. The minimum Gasteiger partial charge on any atom is -0.483 e. The van der Waals surface area contributed by atoms with Gasteiger partial charge in [0.1, 0.15) is 12.3 Å². The summed E-state index contributed by atoms with van der Waals surface area (Å²) in [7, 11) is 0. The van der Waals surface area contributed by atoms with Crippen LogP contribution < -0.4 is 4.74 Å². The van der Waals surface area contributed by atoms with Crippen LogP contribution in [0.25, 0.3) is 0 Å². The van der Waals surface area contributed by atoms with Gasteiger partial charge in [0, 0.05) is 10.6 Å². The van der Waals surface area contributed by atoms with E-state index in [0.717, 1.165) is 0 Å². The molecule has 0 radical (unpaired) electrons. The zero-order chi connectivity index (χ0) is 16.2. The molecule has 0 aliphatic carbocycles. The lowest BCUT2D eigenvalue weighted by Crippen LogP contribution is -2.50. The Bertz CT molecular complexity index is 542. The number of amides is 1. The van der Waals surface area contributed by atoms with Crippen LogP contribution in [0, 0.1) is 0 Å². The van der Waals surface area contributed by atoms with E-state index in [1.807, 2.05) is 0 Å². The molecule has 0 aromatic heterocycles. The largest absolute Gasteiger partial charge is 0.483 e. The van der Waals surface area contributed by atoms with E-state index >= 15 is 0 Å². The van der Waals surface area contributed by atoms with Gasteiger partial charge in [0.05, 0.1) is 4.47 Å². The molecule has 0 saturated heterocycles. The van der Waals surface area contributed by atoms with E-state index in [4.69, 9.17) is 21.4 Å². The van der Waals surface area contributed by atoms with E-state index in [9.17, 15) is 9.59 Å². The third-order valence-corrected chi connectivity index (χ3v) is 3.50. The Hall–Kier alpha value is -1.27. The number of aliphatic carboxylic acids is 1. The molecule has 5 nitrogen and oxygen atoms in total. The normalized spacial score (nSPS) is 11.1. The number of nitrogens with zero attached hydrogens (tertiary/aromatic N) is 1. The summed E-state index contributed by atoms with van der Waals surface area (Å²) in [6, 6.07) is 4.93. The highest BCUT2D eigenvalue weighted by atomic mass is 79.9. The van der Waals surface area contributed by atoms with Gasteiger partial charge in [-0.05, 0) is 54.9 Å². The summed E-state index contributed by atoms with van der Waals surface area (Å²) >= 11 is 9.11. The summed E-state index contributed by atoms with van der Waals surface area (Å²) < 4.78 is 6.05. The van der Waals surface area contributed by atoms with E-state index < -0.39 is 17.4 Å². The monoisotopic (exact) mass is 377 g/mol. The van der Waals surface area contributed by atoms with Gasteiger partial charge in [0.2, 0.25) is 0 Å². The molecule has 0 spiro atoms. The van der Waals surface area contributed by atoms with Crippen LogP contribution in [0.3, 0.4) is 0 Å². The Morgan fingerprint density at radius 2 is 2.00 bits per heavy atom. The number of carbonyl (C=O) groups excluding carboxylic acids is 1. The number of carboxylic acid groups (broad SMARTS) is 1. The SMILES string of the molecule is CC(C)(C)N(CC(=O)O)C(=O)COc1ccc(Cl)cc1Br. The first-order valence-corrected chi connectivity index (χ1v) is 7.38. The minimum atomic E-state index is -1.06. The van der Waals surface area contributed by atoms with Crippen molar-refractivity contribution < 1.29 is 19.4 Å². The third-order valence-electron chi connectivity index (χ3n) is 2.65. The Morgan fingerprint density at radius 1 is 1.38 bits per heavy atom. The van der Waals surface area contributed by atoms with Gasteiger partial charge in [0.25, 0.3) is 5.91 Å². The summed E-state index contributed by atoms with van der Waals surface area (Å²) in [5, 5.41) is 9.44. The fraction of sp³-hybridized carbons (Fsp3) is 0.429. The van der Waals surface area contributed by atoms with Gasteiger partial charge in [-0.3, -0.25) is 9.59 Å². The molecule has 0 aliphatic heterocycles. The number of benzene rings is 1. The number of hydrogen-bond donors (Lipinski definition) is 1. The van der Waals surface area contributed by atoms with Crippen molar-refractivity contribution in [2.75, 3.05) is 13.2 Å². The van der Waals surface area contributed by atoms with Crippen LogP contribution in [-0.4, -0.2) is 40.6 Å². The lowest BCUT2D eigenvalue weighted by Gasteiger charge is -2.34. The quantitative estimate of drug-likeness (QED) is 0.854. The molecule has 1 amide bonds. The van der Waals surface area contributed by atoms with E-state index in [1.54, 1.807) is 39.0 Å². The number of rotatable bonds is 5. The molecule has 1 aromatic rings. The molecule has 0 atom stereocenters. The Labute approximate surface area is 137 Å². The Morgan fingerprint density at radius 3 is 2.48 bits per heavy atom. The van der Waals surface area contributed by atoms with Gasteiger partial charge in [-0.25, -0.2) is 0 Å². The standard InChI is InChI=1S/C14H17BrClNO4/c1-14(2,3)17(7-13(19)20)12(18)8-21-11-5-4-9(16)6-10(11)15/h4-6H,7-8H2,1-3H3,(H,19,20). The van der Waals surface area contributed by atoms with Crippen LogP contribution in [0.5, 0.6) is 5.75 Å². The number of ether oxygens (including phenoxy) is 1. The smallest absolute Gasteiger partial charge is 0.323 e. The molecule has 0 saturated carbocycles. The van der Waals surface area contributed by atoms with Crippen molar-refractivity contribution >= 4 is 39.4 Å². The molecule has 0 heterocycles. The lowest BCUT2D eigenvalue weighted by molar-refractivity contribution is -0.149. The fourth-order valence-electron chi connectivity index (χ4n) is 1.64. The first-order valence-electron chi connectivity index (χ1n) is 6.21. The summed E-state index contributed by atoms with van der Waals surface area (Å²) in [4.78, 5) is 24.3. The van der Waals surface area contributed by atoms with E-state index in [2.05, 4.69) is 15.9 Å². The first kappa shape index (κ1) is 17.8. The van der Waals surface area contributed by atoms with Gasteiger partial charge in [-0.15, -0.1) is 0 Å². The molecule has 21 heavy (non-hydrogen) atoms. The second-order valence-electron chi connectivity index (χ2n) is 5.41. The predicted molar refractivity (Wildman–Crippen MR) is 83.7 cm³/mol. The van der Waals surface area contributed by atoms with Gasteiger partial charge >= 0.3 is 5.97 Å². The van der Waals surface area contributed by atoms with Crippen molar-refractivity contribution in [1.29, 1.82) is 0 Å². The molecule has 1 rings (SSSR count). The van der Waals surface area contributed by atoms with Crippen LogP contribution in [0.4, 0.5) is 0 Å². The topological polar surface area (TPSA) is 66.8 Å². The number of hydrogen-bond acceptors (Lipinski definition) is 3. The average molecular weight is 379 g/mol. The van der Waals surface area contributed by atoms with Crippen LogP contribution in [0.1, 0.15) is 20.8 Å². The number of carbonyl (C=O) groups is 2. The highest BCUT2D eigenvalue weighted by Crippen LogP contribution is 2.28. The van der Waals surface area contributed by atoms with Gasteiger partial charge in [-0.1, -0.05) is 11.6 Å². The van der Waals surface area contributed by atoms with Crippen molar-refractivity contribution in [3.05, 3.63) is 27.7 Å². The van der Waals surface area contributed by atoms with Crippen molar-refractivity contribution in [3.63, 3.8) is 0 Å². The van der Waals surface area contributed by atoms with Crippen LogP contribution >= 0.6 is 27.5 Å². The van der Waals surface area contributed by atoms with Crippen LogP contribution in [-0.2, 0) is 9.59 Å². The van der Waals surface area contributed by atoms with Gasteiger partial charge < -0.3 is 14.7 Å². The summed E-state index contributed by atoms with van der Waals surface area (Å²) in [5.41, 5.74) is -0.601. The predicted octanol–water partition coefficient (Wildman–Crippen LogP) is 3.19. The lowest BCUT2D eigenvalue weighted by atomic mass is 10.1. The molecule has 1 aromatic carbocycles. The van der Waals surface area contributed by atoms with E-state index in [0.29, 0.717) is 15.2 Å². The maximum Gasteiger partial charge on any atom is 0.323 e. The Kier molecular flexibility index (Phi) is 6.04. The highest BCUT2D eigenvalue weighted by molar-refractivity contribution is 9.10. The average Bonchev–Trinajstić information content (AvgIpc) is 2.33. The van der Waals surface area contributed by atoms with Crippen LogP contribution in [0.2, 0.25) is 5.02 Å². The minimum absolute atomic E-state index is 0.245. The van der Waals surface area contributed by atoms with Crippen molar-refractivity contribution in [2.24, 2.45) is 0 Å². The molecule has 0 aliphatic rings. The van der Waals surface area contributed by atoms with E-state index in [1.165, 1.54) is 4.90 Å². The zero-order valence-corrected chi connectivity index (χ0v) is 14.4. The third kappa shape index (κ3) is 5.55. The Balaban J connectivity index is 2.76. The second-order valence-corrected chi connectivity index (χ2v) is 6.70. The second kappa shape index (κ2) is 7.13. The highest BCUT2D eigenvalue weighted by Gasteiger charge is 2.28. The molecule has 0 unspecified atom stereocenters. The van der Waals surface area contributed by atoms with Gasteiger partial charge in [0.15, 0.2) is 6.61 Å². The van der Waals surface area contributed by atoms with Gasteiger partial charge in [-0.2, -0.15) is 0 Å². The van der Waals surface area contributed by atoms with E-state index in [-0.39, 0.29) is 13.2 Å². The zero-order valence-electron chi connectivity index (χ0n) is 12.0. The molecule has 0 fully saturated rings. The molecular weight excluding hydrogens is 362 g/mol. The van der Waals surface area contributed by atoms with Crippen molar-refractivity contribution in [3.8, 4) is 5.75 Å². The molecule has 1 N–H and O–H groups in total. The van der Waals surface area contributed by atoms with Crippen LogP contribution in [0.15, 0.2) is 22.7 Å². The summed E-state index contributed by atoms with van der Waals surface area (Å²) in [5.74, 6) is -0.991. The molecule has 0 bridgehead atoms. The molecule has 7 heteroatoms. The number of carboxylic acids is 1. The maximum atomic E-state index is 12.2. The van der Waals surface area contributed by atoms with Crippen molar-refractivity contribution in [1.82, 2.24) is 4.90 Å². The summed E-state index contributed by atoms with van der Waals surface area (Å²) in [6.45, 7) is 4.70. The fourth-order valence-corrected chi connectivity index (χ4v) is 2.44. The van der Waals surface area contributed by atoms with Crippen molar-refractivity contribution in [2.45, 2.75) is 26.3 Å².